The van der Waals surface area contributed by atoms with E-state index < -0.39 is 0 Å². The maximum Gasteiger partial charge on any atom is 0.235 e. The summed E-state index contributed by atoms with van der Waals surface area (Å²) in [4.78, 5) is 27.6. The molecule has 0 radical (unpaired) electrons. The molecule has 1 aromatic rings. The highest BCUT2D eigenvalue weighted by Gasteiger charge is 2.40. The number of carbonyl (C=O) groups excluding carboxylic acids is 2. The molecule has 0 saturated carbocycles. The van der Waals surface area contributed by atoms with E-state index in [1.807, 2.05) is 11.8 Å². The van der Waals surface area contributed by atoms with Gasteiger partial charge in [0, 0.05) is 24.5 Å². The fourth-order valence-corrected chi connectivity index (χ4v) is 4.40. The SMILES string of the molecule is Cc1ccc(SC(C)C(=O)N2CCC3(CC2)CC(=O)NCCO3)cc1. The number of likely N-dealkylation sites (tertiary alicyclic amines) is 1. The van der Waals surface area contributed by atoms with Crippen molar-refractivity contribution in [3.05, 3.63) is 29.8 Å². The van der Waals surface area contributed by atoms with Gasteiger partial charge in [-0.1, -0.05) is 17.7 Å². The lowest BCUT2D eigenvalue weighted by Crippen LogP contribution is -2.50. The molecular formula is C19H26N2O3S. The molecule has 136 valence electrons. The Kier molecular flexibility index (Phi) is 5.69. The van der Waals surface area contributed by atoms with Crippen molar-refractivity contribution in [3.63, 3.8) is 0 Å². The molecule has 2 saturated heterocycles. The van der Waals surface area contributed by atoms with Crippen LogP contribution in [0.5, 0.6) is 0 Å². The van der Waals surface area contributed by atoms with E-state index in [0.717, 1.165) is 17.7 Å². The van der Waals surface area contributed by atoms with Crippen LogP contribution >= 0.6 is 11.8 Å². The van der Waals surface area contributed by atoms with Gasteiger partial charge in [0.05, 0.1) is 23.9 Å². The number of nitrogens with one attached hydrogen (secondary N) is 1. The van der Waals surface area contributed by atoms with Crippen molar-refractivity contribution in [3.8, 4) is 0 Å². The number of hydrogen-bond acceptors (Lipinski definition) is 4. The molecule has 0 aliphatic carbocycles. The van der Waals surface area contributed by atoms with Crippen LogP contribution in [0.3, 0.4) is 0 Å². The maximum absolute atomic E-state index is 12.8. The van der Waals surface area contributed by atoms with E-state index in [2.05, 4.69) is 36.5 Å². The van der Waals surface area contributed by atoms with Gasteiger partial charge in [-0.2, -0.15) is 0 Å². The van der Waals surface area contributed by atoms with Crippen molar-refractivity contribution in [1.82, 2.24) is 10.2 Å². The second-order valence-corrected chi connectivity index (χ2v) is 8.37. The van der Waals surface area contributed by atoms with Crippen molar-refractivity contribution < 1.29 is 14.3 Å². The Hall–Kier alpha value is -1.53. The van der Waals surface area contributed by atoms with E-state index in [0.29, 0.717) is 32.7 Å². The first-order valence-electron chi connectivity index (χ1n) is 8.90. The van der Waals surface area contributed by atoms with Gasteiger partial charge in [-0.05, 0) is 38.8 Å². The standard InChI is InChI=1S/C19H26N2O3S/c1-14-3-5-16(6-4-14)25-15(2)18(23)21-10-7-19(8-11-21)13-17(22)20-9-12-24-19/h3-6,15H,7-13H2,1-2H3,(H,20,22). The third-order valence-electron chi connectivity index (χ3n) is 4.98. The Labute approximate surface area is 153 Å². The minimum absolute atomic E-state index is 0.0561. The summed E-state index contributed by atoms with van der Waals surface area (Å²) in [6.07, 6.45) is 1.87. The Morgan fingerprint density at radius 2 is 1.96 bits per heavy atom. The Bertz CT molecular complexity index is 624. The summed E-state index contributed by atoms with van der Waals surface area (Å²) >= 11 is 1.60. The van der Waals surface area contributed by atoms with E-state index >= 15 is 0 Å². The lowest BCUT2D eigenvalue weighted by Gasteiger charge is -2.41. The molecule has 1 spiro atoms. The van der Waals surface area contributed by atoms with Gasteiger partial charge in [0.15, 0.2) is 0 Å². The molecule has 2 fully saturated rings. The minimum Gasteiger partial charge on any atom is -0.372 e. The number of carbonyl (C=O) groups is 2. The lowest BCUT2D eigenvalue weighted by molar-refractivity contribution is -0.139. The van der Waals surface area contributed by atoms with E-state index in [1.165, 1.54) is 5.56 Å². The number of rotatable bonds is 3. The molecule has 25 heavy (non-hydrogen) atoms. The summed E-state index contributed by atoms with van der Waals surface area (Å²) in [5.74, 6) is 0.221. The first-order valence-corrected chi connectivity index (χ1v) is 9.78. The molecule has 3 rings (SSSR count). The van der Waals surface area contributed by atoms with Crippen molar-refractivity contribution in [2.75, 3.05) is 26.2 Å². The molecule has 2 amide bonds. The zero-order valence-electron chi connectivity index (χ0n) is 14.9. The highest BCUT2D eigenvalue weighted by molar-refractivity contribution is 8.00. The summed E-state index contributed by atoms with van der Waals surface area (Å²) in [5.41, 5.74) is 0.835. The smallest absolute Gasteiger partial charge is 0.235 e. The second kappa shape index (κ2) is 7.79. The monoisotopic (exact) mass is 362 g/mol. The highest BCUT2D eigenvalue weighted by Crippen LogP contribution is 2.32. The van der Waals surface area contributed by atoms with Crippen LogP contribution in [0.15, 0.2) is 29.2 Å². The van der Waals surface area contributed by atoms with Gasteiger partial charge >= 0.3 is 0 Å². The number of ether oxygens (including phenoxy) is 1. The fourth-order valence-electron chi connectivity index (χ4n) is 3.45. The highest BCUT2D eigenvalue weighted by atomic mass is 32.2. The average molecular weight is 362 g/mol. The van der Waals surface area contributed by atoms with Crippen LogP contribution in [0, 0.1) is 6.92 Å². The topological polar surface area (TPSA) is 58.6 Å². The lowest BCUT2D eigenvalue weighted by atomic mass is 9.87. The fraction of sp³-hybridized carbons (Fsp3) is 0.579. The molecule has 2 aliphatic heterocycles. The van der Waals surface area contributed by atoms with E-state index in [4.69, 9.17) is 4.74 Å². The molecule has 2 aliphatic rings. The average Bonchev–Trinajstić information content (AvgIpc) is 2.78. The summed E-state index contributed by atoms with van der Waals surface area (Å²) in [6, 6.07) is 8.26. The first kappa shape index (κ1) is 18.3. The minimum atomic E-state index is -0.384. The molecule has 2 heterocycles. The number of piperidine rings is 1. The van der Waals surface area contributed by atoms with Gasteiger partial charge in [0.2, 0.25) is 11.8 Å². The third kappa shape index (κ3) is 4.55. The molecule has 6 heteroatoms. The zero-order valence-corrected chi connectivity index (χ0v) is 15.7. The van der Waals surface area contributed by atoms with Gasteiger partial charge in [-0.15, -0.1) is 11.8 Å². The molecule has 1 unspecified atom stereocenters. The quantitative estimate of drug-likeness (QED) is 0.839. The number of hydrogen-bond donors (Lipinski definition) is 1. The molecule has 1 N–H and O–H groups in total. The Balaban J connectivity index is 1.55. The summed E-state index contributed by atoms with van der Waals surface area (Å²) in [6.45, 7) is 6.47. The van der Waals surface area contributed by atoms with Crippen molar-refractivity contribution >= 4 is 23.6 Å². The predicted molar refractivity (Wildman–Crippen MR) is 98.6 cm³/mol. The number of benzene rings is 1. The predicted octanol–water partition coefficient (Wildman–Crippen LogP) is 2.37. The van der Waals surface area contributed by atoms with Gasteiger partial charge in [-0.3, -0.25) is 9.59 Å². The van der Waals surface area contributed by atoms with Gasteiger partial charge in [0.1, 0.15) is 0 Å². The second-order valence-electron chi connectivity index (χ2n) is 6.96. The van der Waals surface area contributed by atoms with Crippen molar-refractivity contribution in [1.29, 1.82) is 0 Å². The number of amides is 2. The normalized spacial score (nSPS) is 21.5. The van der Waals surface area contributed by atoms with E-state index in [9.17, 15) is 9.59 Å². The molecule has 5 nitrogen and oxygen atoms in total. The van der Waals surface area contributed by atoms with Crippen molar-refractivity contribution in [2.45, 2.75) is 48.9 Å². The summed E-state index contributed by atoms with van der Waals surface area (Å²) in [5, 5.41) is 2.74. The molecule has 1 atom stereocenters. The van der Waals surface area contributed by atoms with Crippen LogP contribution in [-0.4, -0.2) is 53.8 Å². The molecule has 1 aromatic carbocycles. The van der Waals surface area contributed by atoms with E-state index in [1.54, 1.807) is 11.8 Å². The first-order chi connectivity index (χ1) is 12.0. The maximum atomic E-state index is 12.8. The van der Waals surface area contributed by atoms with Crippen LogP contribution in [0.2, 0.25) is 0 Å². The Morgan fingerprint density at radius 1 is 1.28 bits per heavy atom. The van der Waals surface area contributed by atoms with Crippen LogP contribution < -0.4 is 5.32 Å². The zero-order chi connectivity index (χ0) is 17.9. The Morgan fingerprint density at radius 3 is 2.64 bits per heavy atom. The summed E-state index contributed by atoms with van der Waals surface area (Å²) < 4.78 is 5.97. The largest absolute Gasteiger partial charge is 0.372 e. The molecule has 0 aromatic heterocycles. The summed E-state index contributed by atoms with van der Waals surface area (Å²) in [7, 11) is 0. The number of nitrogens with zero attached hydrogens (tertiary/aromatic N) is 1. The van der Waals surface area contributed by atoms with Crippen LogP contribution in [0.1, 0.15) is 31.7 Å². The number of aryl methyl sites for hydroxylation is 1. The van der Waals surface area contributed by atoms with Gasteiger partial charge in [-0.25, -0.2) is 0 Å². The van der Waals surface area contributed by atoms with Crippen molar-refractivity contribution in [2.24, 2.45) is 0 Å². The molecule has 0 bridgehead atoms. The van der Waals surface area contributed by atoms with Crippen LogP contribution in [0.4, 0.5) is 0 Å². The number of thioether (sulfide) groups is 1. The van der Waals surface area contributed by atoms with E-state index in [-0.39, 0.29) is 22.7 Å². The van der Waals surface area contributed by atoms with Gasteiger partial charge in [0.25, 0.3) is 0 Å². The van der Waals surface area contributed by atoms with Crippen LogP contribution in [0.25, 0.3) is 0 Å². The molecular weight excluding hydrogens is 336 g/mol. The van der Waals surface area contributed by atoms with Gasteiger partial charge < -0.3 is 15.0 Å². The third-order valence-corrected chi connectivity index (χ3v) is 6.08. The van der Waals surface area contributed by atoms with Crippen LogP contribution in [-0.2, 0) is 14.3 Å².